The molecule has 1 atom stereocenters. The first-order chi connectivity index (χ1) is 14.9. The Balaban J connectivity index is 1.53. The van der Waals surface area contributed by atoms with Crippen molar-refractivity contribution in [3.8, 4) is 0 Å². The highest BCUT2D eigenvalue weighted by Gasteiger charge is 2.15. The van der Waals surface area contributed by atoms with Crippen molar-refractivity contribution in [1.82, 2.24) is 24.7 Å². The average Bonchev–Trinajstić information content (AvgIpc) is 3.28. The molecule has 3 rings (SSSR count). The Morgan fingerprint density at radius 1 is 1.06 bits per heavy atom. The van der Waals surface area contributed by atoms with Crippen LogP contribution in [0.2, 0.25) is 0 Å². The van der Waals surface area contributed by atoms with Crippen LogP contribution >= 0.6 is 11.8 Å². The normalized spacial score (nSPS) is 11.7. The van der Waals surface area contributed by atoms with E-state index in [1.54, 1.807) is 31.2 Å². The van der Waals surface area contributed by atoms with Crippen LogP contribution in [0.25, 0.3) is 0 Å². The van der Waals surface area contributed by atoms with Crippen LogP contribution in [-0.4, -0.2) is 42.8 Å². The topological polar surface area (TPSA) is 115 Å². The van der Waals surface area contributed by atoms with Crippen LogP contribution in [0.3, 0.4) is 0 Å². The van der Waals surface area contributed by atoms with Gasteiger partial charge in [0.25, 0.3) is 0 Å². The van der Waals surface area contributed by atoms with E-state index in [4.69, 9.17) is 0 Å². The number of carbonyl (C=O) groups is 2. The Bertz CT molecular complexity index is 1030. The zero-order valence-electron chi connectivity index (χ0n) is 17.9. The number of amides is 2. The summed E-state index contributed by atoms with van der Waals surface area (Å²) in [6.07, 6.45) is 5.73. The lowest BCUT2D eigenvalue weighted by molar-refractivity contribution is -0.119. The Labute approximate surface area is 185 Å². The van der Waals surface area contributed by atoms with Gasteiger partial charge in [0, 0.05) is 29.2 Å². The Hall–Kier alpha value is -3.27. The maximum atomic E-state index is 12.4. The van der Waals surface area contributed by atoms with Crippen molar-refractivity contribution in [1.29, 1.82) is 0 Å². The van der Waals surface area contributed by atoms with E-state index in [-0.39, 0.29) is 11.8 Å². The van der Waals surface area contributed by atoms with Gasteiger partial charge in [0.05, 0.1) is 0 Å². The highest BCUT2D eigenvalue weighted by molar-refractivity contribution is 7.98. The first-order valence-electron chi connectivity index (χ1n) is 9.80. The zero-order valence-corrected chi connectivity index (χ0v) is 18.7. The summed E-state index contributed by atoms with van der Waals surface area (Å²) in [6, 6.07) is 6.50. The van der Waals surface area contributed by atoms with E-state index in [0.717, 1.165) is 22.1 Å². The Morgan fingerprint density at radius 2 is 1.68 bits per heavy atom. The molecule has 2 aromatic heterocycles. The van der Waals surface area contributed by atoms with E-state index < -0.39 is 6.04 Å². The van der Waals surface area contributed by atoms with Crippen molar-refractivity contribution < 1.29 is 9.59 Å². The highest BCUT2D eigenvalue weighted by Crippen LogP contribution is 2.19. The molecule has 0 spiro atoms. The number of rotatable bonds is 8. The molecule has 1 unspecified atom stereocenters. The fourth-order valence-corrected chi connectivity index (χ4v) is 3.50. The van der Waals surface area contributed by atoms with Gasteiger partial charge in [0.2, 0.25) is 11.8 Å². The lowest BCUT2D eigenvalue weighted by atomic mass is 10.1. The second-order valence-corrected chi connectivity index (χ2v) is 7.80. The molecule has 31 heavy (non-hydrogen) atoms. The highest BCUT2D eigenvalue weighted by atomic mass is 32.2. The molecule has 10 heteroatoms. The molecule has 0 bridgehead atoms. The van der Waals surface area contributed by atoms with Gasteiger partial charge in [-0.05, 0) is 63.3 Å². The van der Waals surface area contributed by atoms with Gasteiger partial charge in [-0.15, -0.1) is 0 Å². The molecule has 0 saturated carbocycles. The molecular formula is C21H25N7O2S. The second kappa shape index (κ2) is 10.2. The number of hydrogen-bond donors (Lipinski definition) is 2. The fourth-order valence-electron chi connectivity index (χ4n) is 3.04. The van der Waals surface area contributed by atoms with Gasteiger partial charge in [0.1, 0.15) is 18.7 Å². The van der Waals surface area contributed by atoms with Crippen molar-refractivity contribution in [3.05, 3.63) is 53.9 Å². The SMILES string of the molecule is CSc1nc(C)c(CCC(=O)Nc2ccc(NC(=O)C(C)n3cncn3)cc2)c(C)n1. The van der Waals surface area contributed by atoms with E-state index in [2.05, 4.69) is 30.7 Å². The summed E-state index contributed by atoms with van der Waals surface area (Å²) in [5, 5.41) is 10.4. The first kappa shape index (κ1) is 22.4. The maximum Gasteiger partial charge on any atom is 0.249 e. The standard InChI is InChI=1S/C21H25N7O2S/c1-13-18(14(2)25-21(24-13)31-4)9-10-19(29)26-16-5-7-17(8-6-16)27-20(30)15(3)28-12-22-11-23-28/h5-8,11-12,15H,9-10H2,1-4H3,(H,26,29)(H,27,30). The summed E-state index contributed by atoms with van der Waals surface area (Å²) in [5.74, 6) is -0.299. The van der Waals surface area contributed by atoms with Gasteiger partial charge < -0.3 is 10.6 Å². The molecule has 2 heterocycles. The monoisotopic (exact) mass is 439 g/mol. The quantitative estimate of drug-likeness (QED) is 0.409. The lowest BCUT2D eigenvalue weighted by Gasteiger charge is -2.13. The van der Waals surface area contributed by atoms with E-state index in [0.29, 0.717) is 24.2 Å². The van der Waals surface area contributed by atoms with E-state index in [1.807, 2.05) is 20.1 Å². The van der Waals surface area contributed by atoms with Gasteiger partial charge in [-0.25, -0.2) is 19.6 Å². The van der Waals surface area contributed by atoms with E-state index in [9.17, 15) is 9.59 Å². The van der Waals surface area contributed by atoms with Crippen molar-refractivity contribution in [2.45, 2.75) is 44.8 Å². The largest absolute Gasteiger partial charge is 0.326 e. The number of carbonyl (C=O) groups excluding carboxylic acids is 2. The molecule has 2 amide bonds. The first-order valence-corrected chi connectivity index (χ1v) is 11.0. The minimum absolute atomic E-state index is 0.0932. The molecule has 3 aromatic rings. The molecule has 1 aromatic carbocycles. The molecule has 0 aliphatic rings. The van der Waals surface area contributed by atoms with E-state index in [1.165, 1.54) is 29.1 Å². The van der Waals surface area contributed by atoms with Crippen molar-refractivity contribution >= 4 is 35.0 Å². The van der Waals surface area contributed by atoms with Crippen LogP contribution in [0.4, 0.5) is 11.4 Å². The lowest BCUT2D eigenvalue weighted by Crippen LogP contribution is -2.24. The van der Waals surface area contributed by atoms with Crippen LogP contribution in [0.1, 0.15) is 36.3 Å². The summed E-state index contributed by atoms with van der Waals surface area (Å²) in [4.78, 5) is 37.4. The molecule has 162 valence electrons. The van der Waals surface area contributed by atoms with Gasteiger partial charge in [-0.2, -0.15) is 5.10 Å². The fraction of sp³-hybridized carbons (Fsp3) is 0.333. The zero-order chi connectivity index (χ0) is 22.4. The molecule has 0 aliphatic heterocycles. The summed E-state index contributed by atoms with van der Waals surface area (Å²) in [5.41, 5.74) is 4.12. The van der Waals surface area contributed by atoms with Crippen molar-refractivity contribution in [2.75, 3.05) is 16.9 Å². The van der Waals surface area contributed by atoms with Gasteiger partial charge >= 0.3 is 0 Å². The molecule has 9 nitrogen and oxygen atoms in total. The number of nitrogens with one attached hydrogen (secondary N) is 2. The van der Waals surface area contributed by atoms with Crippen LogP contribution < -0.4 is 10.6 Å². The Morgan fingerprint density at radius 3 is 2.23 bits per heavy atom. The van der Waals surface area contributed by atoms with Crippen molar-refractivity contribution in [3.63, 3.8) is 0 Å². The van der Waals surface area contributed by atoms with Crippen LogP contribution in [0, 0.1) is 13.8 Å². The van der Waals surface area contributed by atoms with Crippen LogP contribution in [-0.2, 0) is 16.0 Å². The minimum atomic E-state index is -0.484. The van der Waals surface area contributed by atoms with Gasteiger partial charge in [-0.3, -0.25) is 9.59 Å². The summed E-state index contributed by atoms with van der Waals surface area (Å²) in [7, 11) is 0. The molecule has 0 radical (unpaired) electrons. The summed E-state index contributed by atoms with van der Waals surface area (Å²) < 4.78 is 1.48. The number of nitrogens with zero attached hydrogens (tertiary/aromatic N) is 5. The third kappa shape index (κ3) is 5.88. The minimum Gasteiger partial charge on any atom is -0.326 e. The number of aromatic nitrogens is 5. The number of benzene rings is 1. The van der Waals surface area contributed by atoms with Crippen LogP contribution in [0.15, 0.2) is 42.1 Å². The third-order valence-electron chi connectivity index (χ3n) is 4.83. The predicted molar refractivity (Wildman–Crippen MR) is 120 cm³/mol. The number of thioether (sulfide) groups is 1. The number of hydrogen-bond acceptors (Lipinski definition) is 7. The van der Waals surface area contributed by atoms with Crippen molar-refractivity contribution in [2.24, 2.45) is 0 Å². The third-order valence-corrected chi connectivity index (χ3v) is 5.38. The number of anilines is 2. The van der Waals surface area contributed by atoms with Crippen LogP contribution in [0.5, 0.6) is 0 Å². The summed E-state index contributed by atoms with van der Waals surface area (Å²) in [6.45, 7) is 5.62. The molecule has 0 saturated heterocycles. The second-order valence-electron chi connectivity index (χ2n) is 7.03. The van der Waals surface area contributed by atoms with E-state index >= 15 is 0 Å². The molecular weight excluding hydrogens is 414 g/mol. The average molecular weight is 440 g/mol. The van der Waals surface area contributed by atoms with Gasteiger partial charge in [-0.1, -0.05) is 11.8 Å². The number of aryl methyl sites for hydroxylation is 2. The Kier molecular flexibility index (Phi) is 7.35. The summed E-state index contributed by atoms with van der Waals surface area (Å²) >= 11 is 1.50. The molecule has 0 aliphatic carbocycles. The van der Waals surface area contributed by atoms with Gasteiger partial charge in [0.15, 0.2) is 5.16 Å². The molecule has 0 fully saturated rings. The predicted octanol–water partition coefficient (Wildman–Crippen LogP) is 3.18. The smallest absolute Gasteiger partial charge is 0.249 e. The molecule has 2 N–H and O–H groups in total. The maximum absolute atomic E-state index is 12.4.